The van der Waals surface area contributed by atoms with Crippen molar-refractivity contribution in [3.8, 4) is 0 Å². The van der Waals surface area contributed by atoms with Gasteiger partial charge in [0.2, 0.25) is 5.91 Å². The van der Waals surface area contributed by atoms with E-state index in [1.807, 2.05) is 0 Å². The van der Waals surface area contributed by atoms with Gasteiger partial charge < -0.3 is 20.3 Å². The third kappa shape index (κ3) is 3.22. The molecular weight excluding hydrogens is 353 g/mol. The summed E-state index contributed by atoms with van der Waals surface area (Å²) in [5, 5.41) is 6.12. The number of halogens is 2. The summed E-state index contributed by atoms with van der Waals surface area (Å²) < 4.78 is 5.29. The summed E-state index contributed by atoms with van der Waals surface area (Å²) in [6.45, 7) is 5.84. The van der Waals surface area contributed by atoms with Crippen molar-refractivity contribution >= 4 is 35.1 Å². The van der Waals surface area contributed by atoms with E-state index in [9.17, 15) is 9.59 Å². The van der Waals surface area contributed by atoms with E-state index in [1.54, 1.807) is 23.1 Å². The largest absolute Gasteiger partial charge is 0.378 e. The number of morpholine rings is 1. The van der Waals surface area contributed by atoms with Crippen LogP contribution in [-0.4, -0.2) is 43.1 Å². The molecule has 8 heteroatoms. The molecule has 2 aliphatic heterocycles. The fourth-order valence-corrected chi connectivity index (χ4v) is 3.64. The number of rotatable bonds is 2. The molecule has 3 rings (SSSR count). The average molecular weight is 370 g/mol. The molecule has 2 N–H and O–H groups in total. The van der Waals surface area contributed by atoms with Gasteiger partial charge in [-0.05, 0) is 12.1 Å². The Morgan fingerprint density at radius 2 is 1.88 bits per heavy atom. The van der Waals surface area contributed by atoms with Crippen LogP contribution < -0.4 is 10.6 Å². The molecule has 2 fully saturated rings. The monoisotopic (exact) mass is 369 g/mol. The number of urea groups is 1. The van der Waals surface area contributed by atoms with Crippen molar-refractivity contribution in [2.75, 3.05) is 26.3 Å². The highest BCUT2D eigenvalue weighted by atomic mass is 35.5. The summed E-state index contributed by atoms with van der Waals surface area (Å²) in [7, 11) is 0. The molecule has 0 saturated carbocycles. The topological polar surface area (TPSA) is 70.7 Å². The van der Waals surface area contributed by atoms with Crippen LogP contribution in [0.15, 0.2) is 30.5 Å². The van der Waals surface area contributed by atoms with E-state index in [2.05, 4.69) is 17.2 Å². The zero-order chi connectivity index (χ0) is 17.3. The summed E-state index contributed by atoms with van der Waals surface area (Å²) in [5.74, 6) is -0.838. The first-order valence-corrected chi connectivity index (χ1v) is 8.31. The molecule has 3 amide bonds. The Labute approximate surface area is 149 Å². The Hall–Kier alpha value is -1.76. The molecule has 2 saturated heterocycles. The van der Waals surface area contributed by atoms with Crippen LogP contribution in [0.3, 0.4) is 0 Å². The van der Waals surface area contributed by atoms with Gasteiger partial charge in [-0.15, -0.1) is 0 Å². The summed E-state index contributed by atoms with van der Waals surface area (Å²) in [6.07, 6.45) is 0. The number of hydrogen-bond donors (Lipinski definition) is 2. The lowest BCUT2D eigenvalue weighted by molar-refractivity contribution is -0.139. The Kier molecular flexibility index (Phi) is 4.99. The zero-order valence-electron chi connectivity index (χ0n) is 12.9. The summed E-state index contributed by atoms with van der Waals surface area (Å²) in [4.78, 5) is 26.6. The van der Waals surface area contributed by atoms with Gasteiger partial charge in [-0.2, -0.15) is 0 Å². The second-order valence-electron chi connectivity index (χ2n) is 5.65. The maximum Gasteiger partial charge on any atom is 0.319 e. The molecule has 0 unspecified atom stereocenters. The smallest absolute Gasteiger partial charge is 0.319 e. The van der Waals surface area contributed by atoms with E-state index in [1.165, 1.54) is 0 Å². The van der Waals surface area contributed by atoms with Gasteiger partial charge in [0.1, 0.15) is 5.92 Å². The standard InChI is InChI=1S/C16H17Cl2N3O3/c1-9-12(15(22)21-5-7-24-8-6-21)14(20-16(23)19-9)13-10(17)3-2-4-11(13)18/h2-4,12,14H,1,5-8H2,(H2,19,20,23)/t12-,14-/m0/s1. The van der Waals surface area contributed by atoms with E-state index < -0.39 is 18.0 Å². The predicted molar refractivity (Wildman–Crippen MR) is 90.9 cm³/mol. The molecule has 0 bridgehead atoms. The van der Waals surface area contributed by atoms with Crippen molar-refractivity contribution in [2.45, 2.75) is 6.04 Å². The van der Waals surface area contributed by atoms with Crippen LogP contribution in [0.25, 0.3) is 0 Å². The molecule has 0 spiro atoms. The summed E-state index contributed by atoms with van der Waals surface area (Å²) in [6, 6.07) is 3.95. The fraction of sp³-hybridized carbons (Fsp3) is 0.375. The van der Waals surface area contributed by atoms with Crippen LogP contribution in [0, 0.1) is 5.92 Å². The van der Waals surface area contributed by atoms with Crippen LogP contribution in [0.2, 0.25) is 10.0 Å². The van der Waals surface area contributed by atoms with Gasteiger partial charge in [-0.1, -0.05) is 35.8 Å². The van der Waals surface area contributed by atoms with E-state index in [0.29, 0.717) is 47.6 Å². The molecule has 0 aromatic heterocycles. The summed E-state index contributed by atoms with van der Waals surface area (Å²) in [5.41, 5.74) is 0.847. The van der Waals surface area contributed by atoms with Gasteiger partial charge in [0, 0.05) is 34.4 Å². The molecule has 2 aliphatic rings. The number of ether oxygens (including phenoxy) is 1. The quantitative estimate of drug-likeness (QED) is 0.840. The molecule has 6 nitrogen and oxygen atoms in total. The lowest BCUT2D eigenvalue weighted by atomic mass is 9.87. The molecule has 128 valence electrons. The van der Waals surface area contributed by atoms with Crippen molar-refractivity contribution in [1.29, 1.82) is 0 Å². The summed E-state index contributed by atoms with van der Waals surface area (Å²) >= 11 is 12.6. The first-order valence-electron chi connectivity index (χ1n) is 7.56. The van der Waals surface area contributed by atoms with E-state index >= 15 is 0 Å². The Morgan fingerprint density at radius 1 is 1.25 bits per heavy atom. The van der Waals surface area contributed by atoms with Crippen molar-refractivity contribution in [3.05, 3.63) is 46.1 Å². The Balaban J connectivity index is 1.98. The highest BCUT2D eigenvalue weighted by molar-refractivity contribution is 6.36. The third-order valence-corrected chi connectivity index (χ3v) is 4.83. The number of nitrogens with one attached hydrogen (secondary N) is 2. The second-order valence-corrected chi connectivity index (χ2v) is 6.47. The van der Waals surface area contributed by atoms with Crippen LogP contribution in [0.4, 0.5) is 4.79 Å². The van der Waals surface area contributed by atoms with Gasteiger partial charge in [0.15, 0.2) is 0 Å². The maximum atomic E-state index is 13.0. The van der Waals surface area contributed by atoms with Crippen molar-refractivity contribution in [2.24, 2.45) is 5.92 Å². The normalized spacial score (nSPS) is 24.3. The second kappa shape index (κ2) is 7.01. The van der Waals surface area contributed by atoms with Crippen molar-refractivity contribution < 1.29 is 14.3 Å². The number of amides is 3. The van der Waals surface area contributed by atoms with Crippen LogP contribution in [-0.2, 0) is 9.53 Å². The third-order valence-electron chi connectivity index (χ3n) is 4.17. The molecule has 2 atom stereocenters. The number of nitrogens with zero attached hydrogens (tertiary/aromatic N) is 1. The Bertz CT molecular complexity index is 669. The molecule has 24 heavy (non-hydrogen) atoms. The highest BCUT2D eigenvalue weighted by Gasteiger charge is 2.41. The number of carbonyl (C=O) groups excluding carboxylic acids is 2. The lowest BCUT2D eigenvalue weighted by Crippen LogP contribution is -2.55. The highest BCUT2D eigenvalue weighted by Crippen LogP contribution is 2.38. The van der Waals surface area contributed by atoms with E-state index in [0.717, 1.165) is 0 Å². The van der Waals surface area contributed by atoms with Gasteiger partial charge in [0.25, 0.3) is 0 Å². The first-order chi connectivity index (χ1) is 11.5. The van der Waals surface area contributed by atoms with Gasteiger partial charge in [0.05, 0.1) is 19.3 Å². The minimum Gasteiger partial charge on any atom is -0.378 e. The Morgan fingerprint density at radius 3 is 2.50 bits per heavy atom. The molecule has 0 radical (unpaired) electrons. The molecule has 1 aromatic rings. The fourth-order valence-electron chi connectivity index (χ4n) is 3.00. The molecule has 1 aromatic carbocycles. The number of benzene rings is 1. The van der Waals surface area contributed by atoms with Gasteiger partial charge in [-0.25, -0.2) is 4.79 Å². The molecular formula is C16H17Cl2N3O3. The number of carbonyl (C=O) groups is 2. The van der Waals surface area contributed by atoms with Crippen LogP contribution in [0.1, 0.15) is 11.6 Å². The minimum absolute atomic E-state index is 0.142. The van der Waals surface area contributed by atoms with Gasteiger partial charge in [-0.3, -0.25) is 4.79 Å². The minimum atomic E-state index is -0.696. The molecule has 0 aliphatic carbocycles. The SMILES string of the molecule is C=C1NC(=O)N[C@H](c2c(Cl)cccc2Cl)[C@H]1C(=O)N1CCOCC1. The zero-order valence-corrected chi connectivity index (χ0v) is 14.4. The molecule has 2 heterocycles. The maximum absolute atomic E-state index is 13.0. The van der Waals surface area contributed by atoms with Crippen molar-refractivity contribution in [3.63, 3.8) is 0 Å². The first kappa shape index (κ1) is 17.1. The van der Waals surface area contributed by atoms with Crippen molar-refractivity contribution in [1.82, 2.24) is 15.5 Å². The van der Waals surface area contributed by atoms with Gasteiger partial charge >= 0.3 is 6.03 Å². The average Bonchev–Trinajstić information content (AvgIpc) is 2.54. The lowest BCUT2D eigenvalue weighted by Gasteiger charge is -2.38. The number of hydrogen-bond acceptors (Lipinski definition) is 3. The van der Waals surface area contributed by atoms with E-state index in [4.69, 9.17) is 27.9 Å². The van der Waals surface area contributed by atoms with E-state index in [-0.39, 0.29) is 5.91 Å². The predicted octanol–water partition coefficient (Wildman–Crippen LogP) is 2.34. The van der Waals surface area contributed by atoms with Crippen LogP contribution >= 0.6 is 23.2 Å². The van der Waals surface area contributed by atoms with Crippen LogP contribution in [0.5, 0.6) is 0 Å².